The van der Waals surface area contributed by atoms with E-state index in [1.54, 1.807) is 36.4 Å². The number of hydrogen-bond donors (Lipinski definition) is 3. The summed E-state index contributed by atoms with van der Waals surface area (Å²) in [5.41, 5.74) is 2.07. The number of rotatable bonds is 7. The Hall–Kier alpha value is -2.79. The lowest BCUT2D eigenvalue weighted by molar-refractivity contribution is -0.122. The number of hydrogen-bond acceptors (Lipinski definition) is 6. The van der Waals surface area contributed by atoms with Gasteiger partial charge >= 0.3 is 0 Å². The maximum Gasteiger partial charge on any atom is 0.257 e. The molecule has 0 aliphatic heterocycles. The van der Waals surface area contributed by atoms with Crippen LogP contribution in [0, 0.1) is 0 Å². The number of fused-ring (bicyclic) bond motifs is 1. The number of primary sulfonamides is 1. The molecular formula is C22H21ClN4O4S2. The van der Waals surface area contributed by atoms with Crippen molar-refractivity contribution in [1.82, 2.24) is 10.3 Å². The molecule has 0 spiro atoms. The van der Waals surface area contributed by atoms with Crippen molar-refractivity contribution in [2.45, 2.75) is 30.1 Å². The molecule has 1 atom stereocenters. The van der Waals surface area contributed by atoms with Gasteiger partial charge in [-0.3, -0.25) is 14.9 Å². The van der Waals surface area contributed by atoms with Gasteiger partial charge in [0.1, 0.15) is 0 Å². The summed E-state index contributed by atoms with van der Waals surface area (Å²) in [6.45, 7) is 0.406. The van der Waals surface area contributed by atoms with E-state index in [2.05, 4.69) is 15.6 Å². The van der Waals surface area contributed by atoms with Crippen LogP contribution in [0.2, 0.25) is 5.02 Å². The number of anilines is 1. The molecule has 4 N–H and O–H groups in total. The maximum absolute atomic E-state index is 12.7. The molecule has 33 heavy (non-hydrogen) atoms. The zero-order valence-corrected chi connectivity index (χ0v) is 19.8. The van der Waals surface area contributed by atoms with Crippen LogP contribution in [0.15, 0.2) is 53.4 Å². The van der Waals surface area contributed by atoms with Crippen molar-refractivity contribution < 1.29 is 18.0 Å². The largest absolute Gasteiger partial charge is 0.355 e. The van der Waals surface area contributed by atoms with E-state index < -0.39 is 10.0 Å². The quantitative estimate of drug-likeness (QED) is 0.455. The first-order chi connectivity index (χ1) is 15.7. The van der Waals surface area contributed by atoms with Crippen LogP contribution >= 0.6 is 22.9 Å². The van der Waals surface area contributed by atoms with Gasteiger partial charge in [-0.25, -0.2) is 18.5 Å². The fraction of sp³-hybridized carbons (Fsp3) is 0.227. The molecule has 8 nitrogen and oxygen atoms in total. The average Bonchev–Trinajstić information content (AvgIpc) is 3.34. The number of halogens is 1. The van der Waals surface area contributed by atoms with Gasteiger partial charge in [-0.05, 0) is 61.2 Å². The Morgan fingerprint density at radius 2 is 1.82 bits per heavy atom. The summed E-state index contributed by atoms with van der Waals surface area (Å²) in [6.07, 6.45) is 1.96. The van der Waals surface area contributed by atoms with E-state index in [1.807, 2.05) is 0 Å². The number of nitrogens with zero attached hydrogens (tertiary/aromatic N) is 1. The Kier molecular flexibility index (Phi) is 6.80. The molecule has 0 saturated heterocycles. The molecule has 0 radical (unpaired) electrons. The summed E-state index contributed by atoms with van der Waals surface area (Å²) in [7, 11) is -3.72. The van der Waals surface area contributed by atoms with Crippen molar-refractivity contribution in [2.24, 2.45) is 5.14 Å². The van der Waals surface area contributed by atoms with Crippen LogP contribution in [0.25, 0.3) is 0 Å². The summed E-state index contributed by atoms with van der Waals surface area (Å²) in [5.74, 6) is -0.758. The topological polar surface area (TPSA) is 131 Å². The van der Waals surface area contributed by atoms with Crippen LogP contribution in [0.4, 0.5) is 5.13 Å². The molecule has 2 aromatic carbocycles. The molecule has 0 saturated carbocycles. The number of aromatic nitrogens is 1. The van der Waals surface area contributed by atoms with Gasteiger partial charge in [0.25, 0.3) is 5.91 Å². The predicted octanol–water partition coefficient (Wildman–Crippen LogP) is 3.08. The molecule has 0 bridgehead atoms. The molecule has 1 heterocycles. The van der Waals surface area contributed by atoms with Crippen LogP contribution in [0.3, 0.4) is 0 Å². The van der Waals surface area contributed by atoms with Gasteiger partial charge in [-0.2, -0.15) is 0 Å². The van der Waals surface area contributed by atoms with Gasteiger partial charge in [0, 0.05) is 22.0 Å². The first-order valence-electron chi connectivity index (χ1n) is 10.2. The summed E-state index contributed by atoms with van der Waals surface area (Å²) in [5, 5.41) is 11.8. The Labute approximate surface area is 200 Å². The molecular weight excluding hydrogens is 484 g/mol. The highest BCUT2D eigenvalue weighted by molar-refractivity contribution is 7.89. The molecule has 172 valence electrons. The first kappa shape index (κ1) is 23.4. The van der Waals surface area contributed by atoms with Gasteiger partial charge in [-0.1, -0.05) is 23.7 Å². The number of thiazole rings is 1. The molecule has 2 amide bonds. The SMILES string of the molecule is NS(=O)(=O)c1ccc(CCNC(=O)C2CCc3sc(NC(=O)c4ccc(Cl)cc4)nc32)cc1. The van der Waals surface area contributed by atoms with Crippen LogP contribution in [0.1, 0.15) is 38.8 Å². The normalized spacial score (nSPS) is 15.2. The van der Waals surface area contributed by atoms with Crippen LogP contribution in [-0.4, -0.2) is 31.8 Å². The van der Waals surface area contributed by atoms with E-state index in [9.17, 15) is 18.0 Å². The lowest BCUT2D eigenvalue weighted by atomic mass is 10.1. The number of nitrogens with one attached hydrogen (secondary N) is 2. The molecule has 0 fully saturated rings. The number of sulfonamides is 1. The lowest BCUT2D eigenvalue weighted by Crippen LogP contribution is -2.30. The van der Waals surface area contributed by atoms with E-state index in [0.717, 1.165) is 16.9 Å². The number of nitrogens with two attached hydrogens (primary N) is 1. The molecule has 1 aromatic heterocycles. The zero-order chi connectivity index (χ0) is 23.6. The third-order valence-corrected chi connectivity index (χ3v) is 7.55. The van der Waals surface area contributed by atoms with Gasteiger partial charge in [-0.15, -0.1) is 11.3 Å². The summed E-state index contributed by atoms with van der Waals surface area (Å²) < 4.78 is 22.7. The van der Waals surface area contributed by atoms with E-state index in [0.29, 0.717) is 40.8 Å². The van der Waals surface area contributed by atoms with Crippen molar-refractivity contribution in [3.63, 3.8) is 0 Å². The van der Waals surface area contributed by atoms with Gasteiger partial charge in [0.15, 0.2) is 5.13 Å². The third kappa shape index (κ3) is 5.59. The minimum atomic E-state index is -3.72. The Bertz CT molecular complexity index is 1290. The second-order valence-electron chi connectivity index (χ2n) is 7.61. The second kappa shape index (κ2) is 9.60. The van der Waals surface area contributed by atoms with Crippen molar-refractivity contribution in [2.75, 3.05) is 11.9 Å². The van der Waals surface area contributed by atoms with Gasteiger partial charge in [0.05, 0.1) is 16.5 Å². The number of carbonyl (C=O) groups excluding carboxylic acids is 2. The summed E-state index contributed by atoms with van der Waals surface area (Å²) in [6, 6.07) is 12.8. The fourth-order valence-electron chi connectivity index (χ4n) is 3.61. The van der Waals surface area contributed by atoms with Crippen LogP contribution < -0.4 is 15.8 Å². The molecule has 1 aliphatic rings. The lowest BCUT2D eigenvalue weighted by Gasteiger charge is -2.11. The standard InChI is InChI=1S/C22H21ClN4O4S2/c23-15-5-3-14(4-6-15)20(28)27-22-26-19-17(9-10-18(19)32-22)21(29)25-12-11-13-1-7-16(8-2-13)33(24,30)31/h1-8,17H,9-12H2,(H,25,29)(H2,24,30,31)(H,26,27,28). The van der Waals surface area contributed by atoms with E-state index in [4.69, 9.17) is 16.7 Å². The van der Waals surface area contributed by atoms with Crippen molar-refractivity contribution in [1.29, 1.82) is 0 Å². The minimum absolute atomic E-state index is 0.0521. The van der Waals surface area contributed by atoms with Crippen molar-refractivity contribution in [3.8, 4) is 0 Å². The highest BCUT2D eigenvalue weighted by Crippen LogP contribution is 2.38. The number of amides is 2. The smallest absolute Gasteiger partial charge is 0.257 e. The van der Waals surface area contributed by atoms with E-state index in [-0.39, 0.29) is 22.6 Å². The Morgan fingerprint density at radius 3 is 2.48 bits per heavy atom. The van der Waals surface area contributed by atoms with Gasteiger partial charge in [0.2, 0.25) is 15.9 Å². The van der Waals surface area contributed by atoms with Crippen molar-refractivity contribution >= 4 is 49.9 Å². The highest BCUT2D eigenvalue weighted by atomic mass is 35.5. The zero-order valence-electron chi connectivity index (χ0n) is 17.4. The highest BCUT2D eigenvalue weighted by Gasteiger charge is 2.32. The predicted molar refractivity (Wildman–Crippen MR) is 127 cm³/mol. The fourth-order valence-corrected chi connectivity index (χ4v) is 5.28. The van der Waals surface area contributed by atoms with E-state index >= 15 is 0 Å². The van der Waals surface area contributed by atoms with Gasteiger partial charge < -0.3 is 5.32 Å². The molecule has 3 aromatic rings. The van der Waals surface area contributed by atoms with E-state index in [1.165, 1.54) is 23.5 Å². The third-order valence-electron chi connectivity index (χ3n) is 5.33. The average molecular weight is 505 g/mol. The molecule has 1 aliphatic carbocycles. The molecule has 11 heteroatoms. The number of benzene rings is 2. The number of aryl methyl sites for hydroxylation is 1. The summed E-state index contributed by atoms with van der Waals surface area (Å²) >= 11 is 7.24. The second-order valence-corrected chi connectivity index (χ2v) is 10.7. The first-order valence-corrected chi connectivity index (χ1v) is 12.9. The van der Waals surface area contributed by atoms with Crippen molar-refractivity contribution in [3.05, 3.63) is 75.3 Å². The Balaban J connectivity index is 1.33. The number of carbonyl (C=O) groups is 2. The minimum Gasteiger partial charge on any atom is -0.355 e. The van der Waals surface area contributed by atoms with Crippen LogP contribution in [0.5, 0.6) is 0 Å². The van der Waals surface area contributed by atoms with Crippen LogP contribution in [-0.2, 0) is 27.7 Å². The maximum atomic E-state index is 12.7. The Morgan fingerprint density at radius 1 is 1.12 bits per heavy atom. The summed E-state index contributed by atoms with van der Waals surface area (Å²) in [4.78, 5) is 30.7. The monoisotopic (exact) mass is 504 g/mol. The molecule has 4 rings (SSSR count). The molecule has 1 unspecified atom stereocenters.